The Kier molecular flexibility index (Phi) is 4.53. The van der Waals surface area contributed by atoms with Crippen molar-refractivity contribution in [3.63, 3.8) is 0 Å². The summed E-state index contributed by atoms with van der Waals surface area (Å²) in [5.74, 6) is -1.85. The normalized spacial score (nSPS) is 24.7. The predicted octanol–water partition coefficient (Wildman–Crippen LogP) is 0.994. The molecule has 3 fully saturated rings. The van der Waals surface area contributed by atoms with Crippen LogP contribution in [0, 0.1) is 0 Å². The van der Waals surface area contributed by atoms with Crippen molar-refractivity contribution in [1.29, 1.82) is 0 Å². The number of fused-ring (bicyclic) bond motifs is 2. The highest BCUT2D eigenvalue weighted by atomic mass is 16.7. The van der Waals surface area contributed by atoms with E-state index >= 15 is 0 Å². The highest BCUT2D eigenvalue weighted by Crippen LogP contribution is 2.31. The van der Waals surface area contributed by atoms with Gasteiger partial charge in [0.1, 0.15) is 12.6 Å². The van der Waals surface area contributed by atoms with Crippen molar-refractivity contribution in [2.24, 2.45) is 0 Å². The van der Waals surface area contributed by atoms with Gasteiger partial charge >= 0.3 is 12.0 Å². The molecule has 0 radical (unpaired) electrons. The molecule has 2 unspecified atom stereocenters. The molecule has 9 nitrogen and oxygen atoms in total. The first-order valence-electron chi connectivity index (χ1n) is 8.89. The molecule has 2 bridgehead atoms. The van der Waals surface area contributed by atoms with Gasteiger partial charge < -0.3 is 9.74 Å². The van der Waals surface area contributed by atoms with Crippen molar-refractivity contribution in [2.75, 3.05) is 6.54 Å². The SMILES string of the molecule is O=C(ON1C(=O)CCC1=O)C1CCC2CN1C(=O)N2OCc1ccccc1. The number of imide groups is 1. The van der Waals surface area contributed by atoms with Crippen LogP contribution in [-0.2, 0) is 30.7 Å². The van der Waals surface area contributed by atoms with Crippen molar-refractivity contribution in [1.82, 2.24) is 15.0 Å². The minimum absolute atomic E-state index is 0.0304. The fraction of sp³-hybridized carbons (Fsp3) is 0.444. The van der Waals surface area contributed by atoms with Gasteiger partial charge in [-0.2, -0.15) is 5.06 Å². The standard InChI is InChI=1S/C18H19N3O6/c22-15-8-9-16(23)21(15)27-17(24)14-7-6-13-10-19(14)18(25)20(13)26-11-12-4-2-1-3-5-12/h1-5,13-14H,6-11H2. The van der Waals surface area contributed by atoms with Gasteiger partial charge in [-0.15, -0.1) is 5.06 Å². The van der Waals surface area contributed by atoms with E-state index in [0.29, 0.717) is 24.4 Å². The summed E-state index contributed by atoms with van der Waals surface area (Å²) >= 11 is 0. The van der Waals surface area contributed by atoms with Crippen molar-refractivity contribution >= 4 is 23.8 Å². The number of hydrogen-bond donors (Lipinski definition) is 0. The van der Waals surface area contributed by atoms with Crippen LogP contribution in [0.1, 0.15) is 31.2 Å². The van der Waals surface area contributed by atoms with E-state index in [0.717, 1.165) is 5.56 Å². The summed E-state index contributed by atoms with van der Waals surface area (Å²) in [5, 5.41) is 1.82. The van der Waals surface area contributed by atoms with E-state index in [2.05, 4.69) is 0 Å². The Bertz CT molecular complexity index is 767. The van der Waals surface area contributed by atoms with Gasteiger partial charge in [0, 0.05) is 19.4 Å². The van der Waals surface area contributed by atoms with E-state index < -0.39 is 29.9 Å². The zero-order chi connectivity index (χ0) is 19.0. The number of carbonyl (C=O) groups excluding carboxylic acids is 4. The monoisotopic (exact) mass is 373 g/mol. The summed E-state index contributed by atoms with van der Waals surface area (Å²) in [7, 11) is 0. The average Bonchev–Trinajstić information content (AvgIpc) is 3.12. The third-order valence-corrected chi connectivity index (χ3v) is 5.00. The van der Waals surface area contributed by atoms with E-state index in [-0.39, 0.29) is 25.5 Å². The summed E-state index contributed by atoms with van der Waals surface area (Å²) in [4.78, 5) is 60.4. The number of piperidine rings is 1. The van der Waals surface area contributed by atoms with E-state index in [4.69, 9.17) is 9.68 Å². The highest BCUT2D eigenvalue weighted by Gasteiger charge is 2.49. The molecule has 27 heavy (non-hydrogen) atoms. The van der Waals surface area contributed by atoms with E-state index in [9.17, 15) is 19.2 Å². The summed E-state index contributed by atoms with van der Waals surface area (Å²) in [6.07, 6.45) is 1.01. The van der Waals surface area contributed by atoms with Gasteiger partial charge in [-0.05, 0) is 18.4 Å². The molecule has 0 N–H and O–H groups in total. The van der Waals surface area contributed by atoms with Crippen molar-refractivity contribution in [3.05, 3.63) is 35.9 Å². The first-order chi connectivity index (χ1) is 13.0. The molecule has 4 amide bonds. The number of nitrogens with zero attached hydrogens (tertiary/aromatic N) is 3. The summed E-state index contributed by atoms with van der Waals surface area (Å²) in [6, 6.07) is 8.09. The smallest absolute Gasteiger partial charge is 0.328 e. The molecular formula is C18H19N3O6. The molecule has 0 saturated carbocycles. The van der Waals surface area contributed by atoms with Crippen LogP contribution in [0.15, 0.2) is 30.3 Å². The van der Waals surface area contributed by atoms with Gasteiger partial charge in [0.15, 0.2) is 0 Å². The Morgan fingerprint density at radius 1 is 1.04 bits per heavy atom. The molecule has 9 heteroatoms. The van der Waals surface area contributed by atoms with Crippen molar-refractivity contribution in [2.45, 2.75) is 44.4 Å². The Morgan fingerprint density at radius 3 is 2.44 bits per heavy atom. The molecular weight excluding hydrogens is 354 g/mol. The second-order valence-corrected chi connectivity index (χ2v) is 6.76. The number of hydroxylamine groups is 4. The van der Waals surface area contributed by atoms with Crippen LogP contribution in [0.25, 0.3) is 0 Å². The zero-order valence-corrected chi connectivity index (χ0v) is 14.6. The van der Waals surface area contributed by atoms with Crippen LogP contribution in [0.2, 0.25) is 0 Å². The second-order valence-electron chi connectivity index (χ2n) is 6.76. The zero-order valence-electron chi connectivity index (χ0n) is 14.6. The Labute approximate surface area is 155 Å². The molecule has 142 valence electrons. The van der Waals surface area contributed by atoms with E-state index in [1.165, 1.54) is 9.96 Å². The second kappa shape index (κ2) is 6.99. The quantitative estimate of drug-likeness (QED) is 0.714. The lowest BCUT2D eigenvalue weighted by atomic mass is 10.0. The molecule has 3 saturated heterocycles. The fourth-order valence-corrected chi connectivity index (χ4v) is 3.57. The molecule has 0 aliphatic carbocycles. The highest BCUT2D eigenvalue weighted by molar-refractivity contribution is 6.02. The van der Waals surface area contributed by atoms with Crippen LogP contribution >= 0.6 is 0 Å². The molecule has 0 spiro atoms. The summed E-state index contributed by atoms with van der Waals surface area (Å²) in [5.41, 5.74) is 0.934. The first kappa shape index (κ1) is 17.5. The van der Waals surface area contributed by atoms with E-state index in [1.54, 1.807) is 0 Å². The lowest BCUT2D eigenvalue weighted by Crippen LogP contribution is -2.48. The van der Waals surface area contributed by atoms with Gasteiger partial charge in [-0.3, -0.25) is 14.4 Å². The maximum absolute atomic E-state index is 12.7. The number of urea groups is 1. The molecule has 1 aromatic carbocycles. The fourth-order valence-electron chi connectivity index (χ4n) is 3.57. The van der Waals surface area contributed by atoms with Crippen molar-refractivity contribution in [3.8, 4) is 0 Å². The largest absolute Gasteiger partial charge is 0.355 e. The average molecular weight is 373 g/mol. The maximum atomic E-state index is 12.7. The van der Waals surface area contributed by atoms with E-state index in [1.807, 2.05) is 30.3 Å². The number of rotatable bonds is 5. The molecule has 0 aromatic heterocycles. The summed E-state index contributed by atoms with van der Waals surface area (Å²) < 4.78 is 0. The molecule has 2 atom stereocenters. The maximum Gasteiger partial charge on any atom is 0.355 e. The molecule has 3 aliphatic heterocycles. The van der Waals surface area contributed by atoms with Gasteiger partial charge in [0.05, 0.1) is 6.04 Å². The number of carbonyl (C=O) groups is 4. The number of benzene rings is 1. The van der Waals surface area contributed by atoms with Gasteiger partial charge in [0.25, 0.3) is 11.8 Å². The minimum atomic E-state index is -0.833. The molecule has 3 heterocycles. The third-order valence-electron chi connectivity index (χ3n) is 5.00. The van der Waals surface area contributed by atoms with Crippen LogP contribution in [0.3, 0.4) is 0 Å². The summed E-state index contributed by atoms with van der Waals surface area (Å²) in [6.45, 7) is 0.595. The van der Waals surface area contributed by atoms with Crippen LogP contribution < -0.4 is 0 Å². The van der Waals surface area contributed by atoms with Crippen LogP contribution in [0.5, 0.6) is 0 Å². The van der Waals surface area contributed by atoms with Crippen molar-refractivity contribution < 1.29 is 28.9 Å². The Morgan fingerprint density at radius 2 is 1.74 bits per heavy atom. The third kappa shape index (κ3) is 3.25. The van der Waals surface area contributed by atoms with Gasteiger partial charge in [-0.25, -0.2) is 9.59 Å². The lowest BCUT2D eigenvalue weighted by molar-refractivity contribution is -0.201. The van der Waals surface area contributed by atoms with Gasteiger partial charge in [-0.1, -0.05) is 30.3 Å². The molecule has 3 aliphatic rings. The van der Waals surface area contributed by atoms with Gasteiger partial charge in [0.2, 0.25) is 0 Å². The van der Waals surface area contributed by atoms with Crippen LogP contribution in [-0.4, -0.2) is 57.5 Å². The predicted molar refractivity (Wildman–Crippen MR) is 89.2 cm³/mol. The number of amides is 4. The lowest BCUT2D eigenvalue weighted by Gasteiger charge is -2.29. The minimum Gasteiger partial charge on any atom is -0.328 e. The topological polar surface area (TPSA) is 96.5 Å². The first-order valence-corrected chi connectivity index (χ1v) is 8.89. The Balaban J connectivity index is 1.39. The molecule has 4 rings (SSSR count). The molecule has 1 aromatic rings. The van der Waals surface area contributed by atoms with Crippen LogP contribution in [0.4, 0.5) is 4.79 Å². The Hall–Kier alpha value is -2.94. The number of hydrogen-bond acceptors (Lipinski definition) is 6.